The van der Waals surface area contributed by atoms with Crippen molar-refractivity contribution < 1.29 is 9.90 Å². The van der Waals surface area contributed by atoms with Crippen molar-refractivity contribution in [2.45, 2.75) is 32.2 Å². The third kappa shape index (κ3) is 2.31. The second kappa shape index (κ2) is 5.35. The molecule has 0 fully saturated rings. The lowest BCUT2D eigenvalue weighted by atomic mass is 10.1. The maximum absolute atomic E-state index is 12.1. The number of carbonyl (C=O) groups is 1. The van der Waals surface area contributed by atoms with Crippen molar-refractivity contribution in [2.75, 3.05) is 0 Å². The standard InChI is InChI=1S/C13H15NO3S/c1-2-3-7-10(13(16)17)14-12(15)9-6-4-5-8-11(9)18-14/h4-6,8,10H,2-3,7H2,1H3,(H,16,17). The zero-order valence-corrected chi connectivity index (χ0v) is 10.9. The molecule has 0 saturated heterocycles. The van der Waals surface area contributed by atoms with Gasteiger partial charge in [-0.2, -0.15) is 0 Å². The van der Waals surface area contributed by atoms with E-state index in [1.54, 1.807) is 12.1 Å². The summed E-state index contributed by atoms with van der Waals surface area (Å²) in [6.07, 6.45) is 2.22. The number of hydrogen-bond donors (Lipinski definition) is 1. The molecule has 0 bridgehead atoms. The smallest absolute Gasteiger partial charge is 0.327 e. The van der Waals surface area contributed by atoms with Gasteiger partial charge in [-0.1, -0.05) is 43.4 Å². The van der Waals surface area contributed by atoms with Gasteiger partial charge in [0.2, 0.25) is 0 Å². The molecular formula is C13H15NO3S. The van der Waals surface area contributed by atoms with Crippen LogP contribution in [0.4, 0.5) is 0 Å². The van der Waals surface area contributed by atoms with E-state index < -0.39 is 12.0 Å². The van der Waals surface area contributed by atoms with E-state index in [0.717, 1.165) is 17.5 Å². The molecule has 18 heavy (non-hydrogen) atoms. The van der Waals surface area contributed by atoms with Gasteiger partial charge in [0.25, 0.3) is 5.56 Å². The van der Waals surface area contributed by atoms with Crippen LogP contribution in [0.15, 0.2) is 29.1 Å². The second-order valence-electron chi connectivity index (χ2n) is 4.21. The maximum atomic E-state index is 12.1. The first-order valence-corrected chi connectivity index (χ1v) is 6.76. The number of aromatic nitrogens is 1. The predicted octanol–water partition coefficient (Wildman–Crippen LogP) is 2.88. The van der Waals surface area contributed by atoms with E-state index in [4.69, 9.17) is 0 Å². The minimum absolute atomic E-state index is 0.195. The molecule has 0 amide bonds. The molecule has 1 aromatic carbocycles. The molecule has 0 aliphatic heterocycles. The lowest BCUT2D eigenvalue weighted by Crippen LogP contribution is -2.25. The van der Waals surface area contributed by atoms with Crippen LogP contribution in [0.25, 0.3) is 10.1 Å². The van der Waals surface area contributed by atoms with E-state index in [2.05, 4.69) is 0 Å². The minimum Gasteiger partial charge on any atom is -0.480 e. The summed E-state index contributed by atoms with van der Waals surface area (Å²) in [4.78, 5) is 23.4. The number of fused-ring (bicyclic) bond motifs is 1. The van der Waals surface area contributed by atoms with Crippen molar-refractivity contribution in [1.29, 1.82) is 0 Å². The summed E-state index contributed by atoms with van der Waals surface area (Å²) < 4.78 is 2.23. The van der Waals surface area contributed by atoms with Gasteiger partial charge in [-0.25, -0.2) is 8.75 Å². The monoisotopic (exact) mass is 265 g/mol. The quantitative estimate of drug-likeness (QED) is 0.904. The van der Waals surface area contributed by atoms with Gasteiger partial charge in [0.05, 0.1) is 10.1 Å². The second-order valence-corrected chi connectivity index (χ2v) is 5.23. The van der Waals surface area contributed by atoms with Gasteiger partial charge in [0.15, 0.2) is 0 Å². The lowest BCUT2D eigenvalue weighted by molar-refractivity contribution is -0.140. The van der Waals surface area contributed by atoms with Gasteiger partial charge in [-0.15, -0.1) is 0 Å². The van der Waals surface area contributed by atoms with Crippen LogP contribution in [0.1, 0.15) is 32.2 Å². The third-order valence-corrected chi connectivity index (χ3v) is 4.08. The van der Waals surface area contributed by atoms with E-state index in [0.29, 0.717) is 11.8 Å². The van der Waals surface area contributed by atoms with E-state index in [-0.39, 0.29) is 5.56 Å². The summed E-state index contributed by atoms with van der Waals surface area (Å²) in [6, 6.07) is 6.49. The van der Waals surface area contributed by atoms with Crippen LogP contribution in [-0.2, 0) is 4.79 Å². The number of rotatable bonds is 5. The van der Waals surface area contributed by atoms with E-state index in [9.17, 15) is 14.7 Å². The molecule has 2 rings (SSSR count). The molecule has 0 radical (unpaired) electrons. The maximum Gasteiger partial charge on any atom is 0.327 e. The van der Waals surface area contributed by atoms with Crippen molar-refractivity contribution in [1.82, 2.24) is 3.96 Å². The first kappa shape index (κ1) is 12.8. The van der Waals surface area contributed by atoms with Gasteiger partial charge in [-0.05, 0) is 18.6 Å². The van der Waals surface area contributed by atoms with Crippen LogP contribution in [0, 0.1) is 0 Å². The number of nitrogens with zero attached hydrogens (tertiary/aromatic N) is 1. The molecule has 1 N–H and O–H groups in total. The Kier molecular flexibility index (Phi) is 3.81. The van der Waals surface area contributed by atoms with Crippen molar-refractivity contribution in [3.63, 3.8) is 0 Å². The van der Waals surface area contributed by atoms with Gasteiger partial charge >= 0.3 is 5.97 Å². The summed E-state index contributed by atoms with van der Waals surface area (Å²) >= 11 is 1.23. The van der Waals surface area contributed by atoms with Crippen molar-refractivity contribution in [3.05, 3.63) is 34.6 Å². The fourth-order valence-corrected chi connectivity index (χ4v) is 3.04. The zero-order chi connectivity index (χ0) is 13.1. The highest BCUT2D eigenvalue weighted by molar-refractivity contribution is 7.13. The highest BCUT2D eigenvalue weighted by atomic mass is 32.1. The predicted molar refractivity (Wildman–Crippen MR) is 72.3 cm³/mol. The van der Waals surface area contributed by atoms with E-state index >= 15 is 0 Å². The van der Waals surface area contributed by atoms with E-state index in [1.807, 2.05) is 19.1 Å². The number of hydrogen-bond acceptors (Lipinski definition) is 3. The SMILES string of the molecule is CCCCC(C(=O)O)n1sc2ccccc2c1=O. The van der Waals surface area contributed by atoms with Gasteiger partial charge in [-0.3, -0.25) is 4.79 Å². The summed E-state index contributed by atoms with van der Waals surface area (Å²) in [5, 5.41) is 9.85. The third-order valence-electron chi connectivity index (χ3n) is 2.91. The Morgan fingerprint density at radius 1 is 1.44 bits per heavy atom. The fraction of sp³-hybridized carbons (Fsp3) is 0.385. The Labute approximate surface area is 109 Å². The molecule has 0 spiro atoms. The number of unbranched alkanes of at least 4 members (excludes halogenated alkanes) is 1. The number of carboxylic acid groups (broad SMARTS) is 1. The molecule has 0 aliphatic carbocycles. The van der Waals surface area contributed by atoms with Crippen molar-refractivity contribution in [2.24, 2.45) is 0 Å². The first-order valence-electron chi connectivity index (χ1n) is 5.98. The molecule has 96 valence electrons. The molecule has 4 nitrogen and oxygen atoms in total. The molecule has 1 atom stereocenters. The van der Waals surface area contributed by atoms with Gasteiger partial charge in [0, 0.05) is 0 Å². The van der Waals surface area contributed by atoms with Crippen LogP contribution in [0.3, 0.4) is 0 Å². The molecular weight excluding hydrogens is 250 g/mol. The van der Waals surface area contributed by atoms with Crippen LogP contribution < -0.4 is 5.56 Å². The average molecular weight is 265 g/mol. The van der Waals surface area contributed by atoms with Crippen LogP contribution in [-0.4, -0.2) is 15.0 Å². The Balaban J connectivity index is 2.47. The highest BCUT2D eigenvalue weighted by Gasteiger charge is 2.22. The van der Waals surface area contributed by atoms with Gasteiger partial charge in [0.1, 0.15) is 6.04 Å². The average Bonchev–Trinajstić information content (AvgIpc) is 2.68. The molecule has 0 aliphatic rings. The summed E-state index contributed by atoms with van der Waals surface area (Å²) in [6.45, 7) is 2.01. The van der Waals surface area contributed by atoms with E-state index in [1.165, 1.54) is 15.5 Å². The first-order chi connectivity index (χ1) is 8.65. The fourth-order valence-electron chi connectivity index (χ4n) is 1.93. The largest absolute Gasteiger partial charge is 0.480 e. The summed E-state index contributed by atoms with van der Waals surface area (Å²) in [5.41, 5.74) is -0.195. The molecule has 1 heterocycles. The summed E-state index contributed by atoms with van der Waals surface area (Å²) in [7, 11) is 0. The molecule has 1 aromatic heterocycles. The molecule has 1 unspecified atom stereocenters. The lowest BCUT2D eigenvalue weighted by Gasteiger charge is -2.11. The Morgan fingerprint density at radius 3 is 2.78 bits per heavy atom. The normalized spacial score (nSPS) is 12.7. The number of benzene rings is 1. The van der Waals surface area contributed by atoms with Crippen LogP contribution >= 0.6 is 11.5 Å². The highest BCUT2D eigenvalue weighted by Crippen LogP contribution is 2.22. The molecule has 2 aromatic rings. The number of aliphatic carboxylic acids is 1. The van der Waals surface area contributed by atoms with Crippen LogP contribution in [0.5, 0.6) is 0 Å². The molecule has 5 heteroatoms. The Morgan fingerprint density at radius 2 is 2.17 bits per heavy atom. The van der Waals surface area contributed by atoms with Crippen molar-refractivity contribution in [3.8, 4) is 0 Å². The topological polar surface area (TPSA) is 59.3 Å². The van der Waals surface area contributed by atoms with Crippen LogP contribution in [0.2, 0.25) is 0 Å². The Hall–Kier alpha value is -1.62. The minimum atomic E-state index is -0.933. The molecule has 0 saturated carbocycles. The number of carboxylic acids is 1. The zero-order valence-electron chi connectivity index (χ0n) is 10.1. The van der Waals surface area contributed by atoms with Crippen molar-refractivity contribution >= 4 is 27.6 Å². The van der Waals surface area contributed by atoms with Gasteiger partial charge < -0.3 is 5.11 Å². The summed E-state index contributed by atoms with van der Waals surface area (Å²) in [5.74, 6) is -0.933. The Bertz CT molecular complexity index is 614.